The van der Waals surface area contributed by atoms with Crippen LogP contribution in [-0.4, -0.2) is 67.2 Å². The van der Waals surface area contributed by atoms with E-state index >= 15 is 0 Å². The number of aliphatic hydroxyl groups is 3. The summed E-state index contributed by atoms with van der Waals surface area (Å²) in [6.07, 6.45) is 15.2. The van der Waals surface area contributed by atoms with Crippen molar-refractivity contribution in [2.75, 3.05) is 0 Å². The van der Waals surface area contributed by atoms with Crippen LogP contribution >= 0.6 is 0 Å². The molecule has 8 rings (SSSR count). The summed E-state index contributed by atoms with van der Waals surface area (Å²) in [5.41, 5.74) is 2.10. The van der Waals surface area contributed by atoms with E-state index in [4.69, 9.17) is 10.2 Å². The standard InChI is InChI=1S/C48H76N2O7/c1-26(7-15-42(54)55)33-11-13-35-32-10-9-28-21-30(51)17-19-45(28,3)37(32)24-40(47(33,35)5)50-49-39-23-29-22-31(52)18-20-46(29,4)38-25-41(53)48(6)34(12-14-36(48)44(38)39)27(2)8-16-43(56)57/h26-38,41,44,51-53H,7-25H2,1-6H3,(H,54,55)(H,56,57)/b49-39-,50-40-/t26-,27-,28-,29+,30-,31-,32+,33-,34-,35+,36+,37+,38+,41+,44+,45+,46+,47-,48-/m1/s1. The molecule has 57 heavy (non-hydrogen) atoms. The van der Waals surface area contributed by atoms with E-state index in [1.807, 2.05) is 0 Å². The Morgan fingerprint density at radius 3 is 1.88 bits per heavy atom. The predicted octanol–water partition coefficient (Wildman–Crippen LogP) is 9.02. The van der Waals surface area contributed by atoms with Crippen molar-refractivity contribution in [2.24, 2.45) is 103 Å². The van der Waals surface area contributed by atoms with Gasteiger partial charge in [-0.05, 0) is 185 Å². The molecule has 8 aliphatic carbocycles. The Bertz CT molecular complexity index is 1610. The van der Waals surface area contributed by atoms with Crippen molar-refractivity contribution in [3.8, 4) is 0 Å². The summed E-state index contributed by atoms with van der Waals surface area (Å²) in [6, 6.07) is 0. The molecule has 0 saturated heterocycles. The largest absolute Gasteiger partial charge is 0.481 e. The van der Waals surface area contributed by atoms with E-state index in [0.717, 1.165) is 83.5 Å². The Balaban J connectivity index is 1.21. The van der Waals surface area contributed by atoms with Crippen molar-refractivity contribution in [3.63, 3.8) is 0 Å². The summed E-state index contributed by atoms with van der Waals surface area (Å²) in [6.45, 7) is 14.2. The van der Waals surface area contributed by atoms with Gasteiger partial charge in [0.1, 0.15) is 0 Å². The summed E-state index contributed by atoms with van der Waals surface area (Å²) >= 11 is 0. The fourth-order valence-electron chi connectivity index (χ4n) is 17.3. The molecular weight excluding hydrogens is 717 g/mol. The van der Waals surface area contributed by atoms with Gasteiger partial charge in [0.25, 0.3) is 0 Å². The third-order valence-corrected chi connectivity index (χ3v) is 20.5. The molecule has 0 amide bonds. The van der Waals surface area contributed by atoms with Crippen LogP contribution in [0.3, 0.4) is 0 Å². The van der Waals surface area contributed by atoms with Gasteiger partial charge in [-0.25, -0.2) is 0 Å². The molecular formula is C48H76N2O7. The zero-order valence-electron chi connectivity index (χ0n) is 36.0. The smallest absolute Gasteiger partial charge is 0.303 e. The summed E-state index contributed by atoms with van der Waals surface area (Å²) in [5, 5.41) is 64.5. The van der Waals surface area contributed by atoms with Gasteiger partial charge in [0, 0.05) is 41.0 Å². The Kier molecular flexibility index (Phi) is 11.2. The highest BCUT2D eigenvalue weighted by molar-refractivity contribution is 5.94. The molecule has 0 aromatic heterocycles. The highest BCUT2D eigenvalue weighted by atomic mass is 16.4. The lowest BCUT2D eigenvalue weighted by atomic mass is 9.43. The molecule has 0 heterocycles. The van der Waals surface area contributed by atoms with Crippen LogP contribution < -0.4 is 0 Å². The van der Waals surface area contributed by atoms with Crippen LogP contribution in [0.15, 0.2) is 10.2 Å². The SMILES string of the molecule is C[C@H](CCC(=O)O)[C@H]1CC[C@H]2[C@@H]3CC[C@@H]4C[C@H](O)CC[C@]4(C)[C@H]3C/C(=N/N=C3/C[C@@H]4C[C@H](O)CC[C@]4(C)[C@H]4C[C@H](O)[C@]5(C)[C@@H]([C@H](C)CCC(=O)O)CC[C@H]5[C@H]34)[C@]12C. The number of aliphatic carboxylic acids is 2. The van der Waals surface area contributed by atoms with E-state index in [0.29, 0.717) is 42.4 Å². The van der Waals surface area contributed by atoms with E-state index in [9.17, 15) is 35.1 Å². The topological polar surface area (TPSA) is 160 Å². The number of carbonyl (C=O) groups is 2. The summed E-state index contributed by atoms with van der Waals surface area (Å²) in [4.78, 5) is 23.4. The Morgan fingerprint density at radius 2 is 1.23 bits per heavy atom. The van der Waals surface area contributed by atoms with Gasteiger partial charge in [0.15, 0.2) is 0 Å². The number of nitrogens with zero attached hydrogens (tertiary/aromatic N) is 2. The van der Waals surface area contributed by atoms with Crippen LogP contribution in [0.25, 0.3) is 0 Å². The average Bonchev–Trinajstić information content (AvgIpc) is 3.71. The number of hydrogen-bond acceptors (Lipinski definition) is 7. The minimum atomic E-state index is -0.755. The molecule has 8 aliphatic rings. The van der Waals surface area contributed by atoms with Crippen LogP contribution in [0.4, 0.5) is 0 Å². The van der Waals surface area contributed by atoms with Gasteiger partial charge in [-0.1, -0.05) is 41.5 Å². The number of aliphatic hydroxyl groups excluding tert-OH is 3. The number of rotatable bonds is 9. The summed E-state index contributed by atoms with van der Waals surface area (Å²) in [7, 11) is 0. The Hall–Kier alpha value is -1.84. The van der Waals surface area contributed by atoms with Crippen LogP contribution in [-0.2, 0) is 9.59 Å². The van der Waals surface area contributed by atoms with E-state index < -0.39 is 18.0 Å². The van der Waals surface area contributed by atoms with Gasteiger partial charge in [0.05, 0.1) is 18.3 Å². The number of hydrogen-bond donors (Lipinski definition) is 5. The normalized spacial score (nSPS) is 51.5. The third kappa shape index (κ3) is 6.71. The van der Waals surface area contributed by atoms with Crippen molar-refractivity contribution in [1.29, 1.82) is 0 Å². The van der Waals surface area contributed by atoms with Crippen molar-refractivity contribution in [1.82, 2.24) is 0 Å². The molecule has 0 aromatic carbocycles. The van der Waals surface area contributed by atoms with E-state index in [1.165, 1.54) is 24.3 Å². The molecule has 9 nitrogen and oxygen atoms in total. The zero-order valence-corrected chi connectivity index (χ0v) is 36.0. The lowest BCUT2D eigenvalue weighted by molar-refractivity contribution is -0.148. The molecule has 0 spiro atoms. The van der Waals surface area contributed by atoms with Crippen LogP contribution in [0.2, 0.25) is 0 Å². The molecule has 9 heteroatoms. The molecule has 5 N–H and O–H groups in total. The highest BCUT2D eigenvalue weighted by Gasteiger charge is 2.66. The molecule has 0 bridgehead atoms. The van der Waals surface area contributed by atoms with Crippen molar-refractivity contribution in [3.05, 3.63) is 0 Å². The first-order chi connectivity index (χ1) is 26.9. The maximum atomic E-state index is 12.3. The van der Waals surface area contributed by atoms with Crippen LogP contribution in [0.1, 0.15) is 164 Å². The first kappa shape index (κ1) is 41.9. The second-order valence-corrected chi connectivity index (χ2v) is 22.6. The number of carboxylic acid groups (broad SMARTS) is 2. The molecule has 0 aliphatic heterocycles. The molecule has 0 radical (unpaired) electrons. The summed E-state index contributed by atoms with van der Waals surface area (Å²) in [5.74, 6) is 2.70. The first-order valence-electron chi connectivity index (χ1n) is 23.5. The Labute approximate surface area is 342 Å². The monoisotopic (exact) mass is 793 g/mol. The van der Waals surface area contributed by atoms with Gasteiger partial charge in [-0.3, -0.25) is 9.59 Å². The quantitative estimate of drug-likeness (QED) is 0.146. The van der Waals surface area contributed by atoms with Gasteiger partial charge in [-0.15, -0.1) is 0 Å². The lowest BCUT2D eigenvalue weighted by Gasteiger charge is -2.62. The minimum Gasteiger partial charge on any atom is -0.481 e. The van der Waals surface area contributed by atoms with Gasteiger partial charge < -0.3 is 25.5 Å². The molecule has 19 atom stereocenters. The van der Waals surface area contributed by atoms with Crippen molar-refractivity contribution in [2.45, 2.75) is 182 Å². The third-order valence-electron chi connectivity index (χ3n) is 20.5. The molecule has 0 aromatic rings. The van der Waals surface area contributed by atoms with E-state index in [-0.39, 0.29) is 88.1 Å². The fourth-order valence-corrected chi connectivity index (χ4v) is 17.3. The second-order valence-electron chi connectivity index (χ2n) is 22.6. The molecule has 0 unspecified atom stereocenters. The Morgan fingerprint density at radius 1 is 0.649 bits per heavy atom. The second kappa shape index (κ2) is 15.3. The lowest BCUT2D eigenvalue weighted by Crippen LogP contribution is -2.61. The predicted molar refractivity (Wildman–Crippen MR) is 222 cm³/mol. The molecule has 8 saturated carbocycles. The number of carboxylic acids is 2. The maximum absolute atomic E-state index is 12.3. The average molecular weight is 793 g/mol. The summed E-state index contributed by atoms with van der Waals surface area (Å²) < 4.78 is 0. The van der Waals surface area contributed by atoms with Crippen molar-refractivity contribution < 1.29 is 35.1 Å². The van der Waals surface area contributed by atoms with E-state index in [2.05, 4.69) is 41.5 Å². The van der Waals surface area contributed by atoms with E-state index in [1.54, 1.807) is 0 Å². The first-order valence-corrected chi connectivity index (χ1v) is 23.5. The van der Waals surface area contributed by atoms with Gasteiger partial charge >= 0.3 is 11.9 Å². The van der Waals surface area contributed by atoms with Gasteiger partial charge in [0.2, 0.25) is 0 Å². The fraction of sp³-hybridized carbons (Fsp3) is 0.917. The van der Waals surface area contributed by atoms with Gasteiger partial charge in [-0.2, -0.15) is 10.2 Å². The van der Waals surface area contributed by atoms with Crippen molar-refractivity contribution >= 4 is 23.4 Å². The minimum absolute atomic E-state index is 0.00782. The highest BCUT2D eigenvalue weighted by Crippen LogP contribution is 2.70. The molecule has 8 fully saturated rings. The maximum Gasteiger partial charge on any atom is 0.303 e. The van der Waals surface area contributed by atoms with Crippen LogP contribution in [0, 0.1) is 92.7 Å². The molecule has 320 valence electrons. The zero-order chi connectivity index (χ0) is 40.8. The van der Waals surface area contributed by atoms with Crippen LogP contribution in [0.5, 0.6) is 0 Å². The number of fused-ring (bicyclic) bond motifs is 10.